The smallest absolute Gasteiger partial charge is 0.314 e. The number of hydrogen-bond acceptors (Lipinski definition) is 3. The Hall–Kier alpha value is -2.67. The summed E-state index contributed by atoms with van der Waals surface area (Å²) in [5.74, 6) is 1.07. The molecule has 1 N–H and O–H groups in total. The molecule has 0 aliphatic carbocycles. The van der Waals surface area contributed by atoms with E-state index in [1.807, 2.05) is 61.2 Å². The van der Waals surface area contributed by atoms with Crippen molar-refractivity contribution in [2.24, 2.45) is 5.92 Å². The number of anilines is 1. The monoisotopic (exact) mass is 498 g/mol. The van der Waals surface area contributed by atoms with Gasteiger partial charge in [0.1, 0.15) is 5.82 Å². The number of rotatable bonds is 8. The number of nitrogens with one attached hydrogen (secondary N) is 1. The van der Waals surface area contributed by atoms with Crippen molar-refractivity contribution in [1.82, 2.24) is 14.5 Å². The van der Waals surface area contributed by atoms with E-state index in [1.54, 1.807) is 10.6 Å². The third-order valence-electron chi connectivity index (χ3n) is 5.55. The normalized spacial score (nSPS) is 12.2. The van der Waals surface area contributed by atoms with E-state index in [-0.39, 0.29) is 17.6 Å². The van der Waals surface area contributed by atoms with E-state index in [0.29, 0.717) is 47.8 Å². The lowest BCUT2D eigenvalue weighted by molar-refractivity contribution is 0.175. The fourth-order valence-corrected chi connectivity index (χ4v) is 4.24. The molecule has 0 saturated carbocycles. The van der Waals surface area contributed by atoms with Crippen LogP contribution < -0.4 is 10.9 Å². The summed E-state index contributed by atoms with van der Waals surface area (Å²) in [5, 5.41) is 3.62. The number of benzene rings is 2. The third-order valence-corrected chi connectivity index (χ3v) is 6.05. The second-order valence-corrected chi connectivity index (χ2v) is 9.19. The van der Waals surface area contributed by atoms with Crippen molar-refractivity contribution in [2.75, 3.05) is 11.9 Å². The Morgan fingerprint density at radius 3 is 2.56 bits per heavy atom. The molecule has 1 aromatic heterocycles. The molecule has 0 bridgehead atoms. The van der Waals surface area contributed by atoms with Crippen LogP contribution in [0, 0.1) is 5.92 Å². The van der Waals surface area contributed by atoms with Gasteiger partial charge in [-0.1, -0.05) is 54.9 Å². The molecule has 0 spiro atoms. The molecule has 2 aromatic carbocycles. The van der Waals surface area contributed by atoms with Gasteiger partial charge in [-0.05, 0) is 56.0 Å². The van der Waals surface area contributed by atoms with Crippen molar-refractivity contribution in [2.45, 2.75) is 53.1 Å². The van der Waals surface area contributed by atoms with Gasteiger partial charge in [-0.25, -0.2) is 9.78 Å². The summed E-state index contributed by atoms with van der Waals surface area (Å²) < 4.78 is 2.60. The van der Waals surface area contributed by atoms with Gasteiger partial charge in [0.25, 0.3) is 5.56 Å². The number of para-hydroxylation sites is 1. The topological polar surface area (TPSA) is 67.2 Å². The first-order valence-corrected chi connectivity index (χ1v) is 12.0. The molecule has 1 unspecified atom stereocenters. The van der Waals surface area contributed by atoms with Crippen LogP contribution in [0.15, 0.2) is 57.8 Å². The van der Waals surface area contributed by atoms with Crippen molar-refractivity contribution >= 4 is 38.6 Å². The molecule has 7 heteroatoms. The molecule has 32 heavy (non-hydrogen) atoms. The van der Waals surface area contributed by atoms with Crippen LogP contribution in [-0.2, 0) is 6.54 Å². The summed E-state index contributed by atoms with van der Waals surface area (Å²) in [6.07, 6.45) is 1.50. The molecule has 0 radical (unpaired) electrons. The van der Waals surface area contributed by atoms with Gasteiger partial charge in [-0.2, -0.15) is 0 Å². The highest BCUT2D eigenvalue weighted by Crippen LogP contribution is 2.26. The van der Waals surface area contributed by atoms with E-state index in [0.717, 1.165) is 10.9 Å². The van der Waals surface area contributed by atoms with E-state index in [2.05, 4.69) is 35.1 Å². The second kappa shape index (κ2) is 10.8. The lowest BCUT2D eigenvalue weighted by atomic mass is 10.1. The predicted octanol–water partition coefficient (Wildman–Crippen LogP) is 6.21. The fourth-order valence-electron chi connectivity index (χ4n) is 3.85. The SMILES string of the molecule is CCC(c1nc2ccccc2c(=O)n1CC)N(CCC(C)C)C(=O)Nc1cccc(Br)c1. The quantitative estimate of drug-likeness (QED) is 0.401. The van der Waals surface area contributed by atoms with Crippen LogP contribution in [0.5, 0.6) is 0 Å². The van der Waals surface area contributed by atoms with Gasteiger partial charge in [0.05, 0.1) is 16.9 Å². The van der Waals surface area contributed by atoms with Crippen molar-refractivity contribution < 1.29 is 4.79 Å². The molecule has 1 heterocycles. The van der Waals surface area contributed by atoms with Gasteiger partial charge in [-0.3, -0.25) is 9.36 Å². The zero-order valence-electron chi connectivity index (χ0n) is 19.1. The molecule has 170 valence electrons. The van der Waals surface area contributed by atoms with E-state index in [4.69, 9.17) is 4.98 Å². The summed E-state index contributed by atoms with van der Waals surface area (Å²) in [4.78, 5) is 33.3. The first-order valence-electron chi connectivity index (χ1n) is 11.2. The van der Waals surface area contributed by atoms with Crippen molar-refractivity contribution in [3.63, 3.8) is 0 Å². The van der Waals surface area contributed by atoms with Crippen LogP contribution in [0.2, 0.25) is 0 Å². The summed E-state index contributed by atoms with van der Waals surface area (Å²) in [7, 11) is 0. The molecule has 6 nitrogen and oxygen atoms in total. The number of nitrogens with zero attached hydrogens (tertiary/aromatic N) is 3. The molecule has 0 aliphatic rings. The molecule has 0 aliphatic heterocycles. The number of fused-ring (bicyclic) bond motifs is 1. The van der Waals surface area contributed by atoms with E-state index in [1.165, 1.54) is 0 Å². The molecule has 0 fully saturated rings. The van der Waals surface area contributed by atoms with E-state index in [9.17, 15) is 9.59 Å². The fraction of sp³-hybridized carbons (Fsp3) is 0.400. The van der Waals surface area contributed by atoms with Crippen molar-refractivity contribution in [3.05, 3.63) is 69.2 Å². The maximum absolute atomic E-state index is 13.4. The lowest BCUT2D eigenvalue weighted by Gasteiger charge is -2.33. The van der Waals surface area contributed by atoms with Crippen LogP contribution in [0.4, 0.5) is 10.5 Å². The summed E-state index contributed by atoms with van der Waals surface area (Å²) >= 11 is 3.46. The van der Waals surface area contributed by atoms with E-state index < -0.39 is 0 Å². The Balaban J connectivity index is 2.05. The number of aromatic nitrogens is 2. The maximum atomic E-state index is 13.4. The van der Waals surface area contributed by atoms with Gasteiger partial charge >= 0.3 is 6.03 Å². The highest BCUT2D eigenvalue weighted by atomic mass is 79.9. The minimum atomic E-state index is -0.321. The van der Waals surface area contributed by atoms with Gasteiger partial charge in [-0.15, -0.1) is 0 Å². The number of amides is 2. The molecular formula is C25H31BrN4O2. The van der Waals surface area contributed by atoms with Crippen LogP contribution in [-0.4, -0.2) is 27.0 Å². The zero-order valence-corrected chi connectivity index (χ0v) is 20.7. The number of carbonyl (C=O) groups is 1. The first kappa shape index (κ1) is 24.0. The summed E-state index contributed by atoms with van der Waals surface area (Å²) in [5.41, 5.74) is 1.31. The Morgan fingerprint density at radius 1 is 1.16 bits per heavy atom. The third kappa shape index (κ3) is 5.38. The van der Waals surface area contributed by atoms with Gasteiger partial charge in [0.15, 0.2) is 0 Å². The second-order valence-electron chi connectivity index (χ2n) is 8.28. The van der Waals surface area contributed by atoms with Gasteiger partial charge in [0, 0.05) is 23.2 Å². The molecule has 1 atom stereocenters. The van der Waals surface area contributed by atoms with Crippen molar-refractivity contribution in [1.29, 1.82) is 0 Å². The minimum absolute atomic E-state index is 0.0669. The average molecular weight is 499 g/mol. The maximum Gasteiger partial charge on any atom is 0.322 e. The van der Waals surface area contributed by atoms with E-state index >= 15 is 0 Å². The molecule has 0 saturated heterocycles. The average Bonchev–Trinajstić information content (AvgIpc) is 2.76. The lowest BCUT2D eigenvalue weighted by Crippen LogP contribution is -2.41. The molecule has 3 aromatic rings. The van der Waals surface area contributed by atoms with Crippen LogP contribution >= 0.6 is 15.9 Å². The number of hydrogen-bond donors (Lipinski definition) is 1. The predicted molar refractivity (Wildman–Crippen MR) is 134 cm³/mol. The molecule has 2 amide bonds. The van der Waals surface area contributed by atoms with Gasteiger partial charge in [0.2, 0.25) is 0 Å². The molecular weight excluding hydrogens is 468 g/mol. The first-order chi connectivity index (χ1) is 15.3. The van der Waals surface area contributed by atoms with Gasteiger partial charge < -0.3 is 10.2 Å². The Morgan fingerprint density at radius 2 is 1.91 bits per heavy atom. The largest absolute Gasteiger partial charge is 0.322 e. The minimum Gasteiger partial charge on any atom is -0.314 e. The Kier molecular flexibility index (Phi) is 8.07. The highest BCUT2D eigenvalue weighted by Gasteiger charge is 2.28. The van der Waals surface area contributed by atoms with Crippen molar-refractivity contribution in [3.8, 4) is 0 Å². The number of urea groups is 1. The van der Waals surface area contributed by atoms with Crippen LogP contribution in [0.1, 0.15) is 52.4 Å². The number of halogens is 1. The standard InChI is InChI=1S/C25H31BrN4O2/c1-5-22(23-28-21-13-8-7-12-20(21)24(31)29(23)6-2)30(15-14-17(3)4)25(32)27-19-11-9-10-18(26)16-19/h7-13,16-17,22H,5-6,14-15H2,1-4H3,(H,27,32). The Labute approximate surface area is 197 Å². The summed E-state index contributed by atoms with van der Waals surface area (Å²) in [6, 6.07) is 14.4. The highest BCUT2D eigenvalue weighted by molar-refractivity contribution is 9.10. The summed E-state index contributed by atoms with van der Waals surface area (Å²) in [6.45, 7) is 9.31. The Bertz CT molecular complexity index is 1140. The van der Waals surface area contributed by atoms with Crippen LogP contribution in [0.3, 0.4) is 0 Å². The number of carbonyl (C=O) groups excluding carboxylic acids is 1. The molecule has 3 rings (SSSR count). The van der Waals surface area contributed by atoms with Crippen LogP contribution in [0.25, 0.3) is 10.9 Å². The zero-order chi connectivity index (χ0) is 23.3.